The van der Waals surface area contributed by atoms with Gasteiger partial charge < -0.3 is 10.1 Å². The van der Waals surface area contributed by atoms with E-state index in [-0.39, 0.29) is 5.91 Å². The summed E-state index contributed by atoms with van der Waals surface area (Å²) in [5, 5.41) is 5.32. The number of hydrogen-bond donors (Lipinski definition) is 1. The van der Waals surface area contributed by atoms with Gasteiger partial charge in [0.15, 0.2) is 4.96 Å². The van der Waals surface area contributed by atoms with Crippen molar-refractivity contribution in [2.24, 2.45) is 0 Å². The van der Waals surface area contributed by atoms with Crippen LogP contribution in [-0.2, 0) is 4.74 Å². The van der Waals surface area contributed by atoms with E-state index >= 15 is 0 Å². The van der Waals surface area contributed by atoms with Crippen molar-refractivity contribution in [1.82, 2.24) is 9.38 Å². The summed E-state index contributed by atoms with van der Waals surface area (Å²) in [5.74, 6) is -0.840. The summed E-state index contributed by atoms with van der Waals surface area (Å²) in [6.45, 7) is 7.98. The van der Waals surface area contributed by atoms with E-state index in [9.17, 15) is 9.59 Å². The van der Waals surface area contributed by atoms with Crippen LogP contribution < -0.4 is 5.32 Å². The minimum absolute atomic E-state index is 0.305. The summed E-state index contributed by atoms with van der Waals surface area (Å²) in [7, 11) is 1.34. The number of anilines is 1. The molecule has 0 saturated heterocycles. The van der Waals surface area contributed by atoms with Crippen molar-refractivity contribution < 1.29 is 14.3 Å². The lowest BCUT2D eigenvalue weighted by molar-refractivity contribution is 0.0603. The molecule has 0 spiro atoms. The van der Waals surface area contributed by atoms with Crippen LogP contribution >= 0.6 is 22.7 Å². The molecule has 0 saturated carbocycles. The first-order valence-electron chi connectivity index (χ1n) is 9.34. The highest BCUT2D eigenvalue weighted by Gasteiger charge is 2.26. The number of amides is 1. The Hall–Kier alpha value is -2.97. The van der Waals surface area contributed by atoms with Crippen LogP contribution in [0.3, 0.4) is 0 Å². The van der Waals surface area contributed by atoms with Crippen LogP contribution in [0.15, 0.2) is 29.8 Å². The number of nitrogens with one attached hydrogen (secondary N) is 1. The smallest absolute Gasteiger partial charge is 0.341 e. The van der Waals surface area contributed by atoms with Crippen molar-refractivity contribution in [3.8, 4) is 11.1 Å². The number of hydrogen-bond acceptors (Lipinski definition) is 6. The first-order chi connectivity index (χ1) is 14.3. The highest BCUT2D eigenvalue weighted by Crippen LogP contribution is 2.41. The molecule has 0 aliphatic carbocycles. The molecule has 6 nitrogen and oxygen atoms in total. The predicted molar refractivity (Wildman–Crippen MR) is 121 cm³/mol. The Bertz CT molecular complexity index is 1300. The molecule has 0 aliphatic rings. The zero-order valence-electron chi connectivity index (χ0n) is 17.3. The van der Waals surface area contributed by atoms with E-state index < -0.39 is 5.97 Å². The van der Waals surface area contributed by atoms with Crippen LogP contribution in [0.1, 0.15) is 42.5 Å². The number of methoxy groups -OCH3 is 1. The number of fused-ring (bicyclic) bond motifs is 1. The van der Waals surface area contributed by atoms with E-state index in [2.05, 4.69) is 16.4 Å². The van der Waals surface area contributed by atoms with E-state index in [1.807, 2.05) is 49.6 Å². The molecule has 0 bridgehead atoms. The molecule has 0 atom stereocenters. The predicted octanol–water partition coefficient (Wildman–Crippen LogP) is 5.40. The number of esters is 1. The van der Waals surface area contributed by atoms with Gasteiger partial charge in [0, 0.05) is 27.7 Å². The van der Waals surface area contributed by atoms with Crippen LogP contribution in [0.25, 0.3) is 16.1 Å². The Kier molecular flexibility index (Phi) is 5.21. The van der Waals surface area contributed by atoms with Crippen LogP contribution in [0.2, 0.25) is 0 Å². The molecular formula is C22H21N3O3S2. The van der Waals surface area contributed by atoms with Gasteiger partial charge in [-0.05, 0) is 44.4 Å². The zero-order valence-corrected chi connectivity index (χ0v) is 19.0. The van der Waals surface area contributed by atoms with E-state index in [0.29, 0.717) is 16.3 Å². The monoisotopic (exact) mass is 439 g/mol. The number of nitrogens with zero attached hydrogens (tertiary/aromatic N) is 2. The Balaban J connectivity index is 1.76. The number of carbonyl (C=O) groups excluding carboxylic acids is 2. The maximum absolute atomic E-state index is 12.9. The minimum Gasteiger partial charge on any atom is -0.465 e. The number of rotatable bonds is 4. The van der Waals surface area contributed by atoms with E-state index in [1.54, 1.807) is 6.20 Å². The second-order valence-corrected chi connectivity index (χ2v) is 9.20. The molecule has 1 amide bonds. The molecule has 1 aromatic carbocycles. The van der Waals surface area contributed by atoms with E-state index in [1.165, 1.54) is 35.3 Å². The maximum atomic E-state index is 12.9. The highest BCUT2D eigenvalue weighted by atomic mass is 32.1. The van der Waals surface area contributed by atoms with E-state index in [4.69, 9.17) is 4.74 Å². The summed E-state index contributed by atoms with van der Waals surface area (Å²) in [6.07, 6.45) is 1.71. The van der Waals surface area contributed by atoms with Crippen LogP contribution in [-0.4, -0.2) is 28.4 Å². The van der Waals surface area contributed by atoms with Gasteiger partial charge in [0.2, 0.25) is 0 Å². The highest BCUT2D eigenvalue weighted by molar-refractivity contribution is 7.17. The third-order valence-corrected chi connectivity index (χ3v) is 7.10. The minimum atomic E-state index is -0.482. The number of benzene rings is 1. The first kappa shape index (κ1) is 20.3. The Morgan fingerprint density at radius 3 is 2.57 bits per heavy atom. The largest absolute Gasteiger partial charge is 0.465 e. The van der Waals surface area contributed by atoms with Crippen LogP contribution in [0.4, 0.5) is 5.00 Å². The molecule has 154 valence electrons. The molecule has 3 heterocycles. The molecule has 1 N–H and O–H groups in total. The Morgan fingerprint density at radius 2 is 1.90 bits per heavy atom. The molecule has 30 heavy (non-hydrogen) atoms. The molecular weight excluding hydrogens is 418 g/mol. The van der Waals surface area contributed by atoms with Gasteiger partial charge in [0.25, 0.3) is 5.91 Å². The lowest BCUT2D eigenvalue weighted by Crippen LogP contribution is -2.14. The summed E-state index contributed by atoms with van der Waals surface area (Å²) < 4.78 is 6.92. The molecule has 3 aromatic heterocycles. The molecule has 0 unspecified atom stereocenters. The lowest BCUT2D eigenvalue weighted by atomic mass is 9.97. The molecule has 4 aromatic rings. The molecule has 8 heteroatoms. The summed E-state index contributed by atoms with van der Waals surface area (Å²) in [5.41, 5.74) is 5.70. The van der Waals surface area contributed by atoms with Crippen LogP contribution in [0, 0.1) is 27.7 Å². The quantitative estimate of drug-likeness (QED) is 0.432. The topological polar surface area (TPSA) is 72.7 Å². The fraction of sp³-hybridized carbons (Fsp3) is 0.227. The van der Waals surface area contributed by atoms with Crippen molar-refractivity contribution in [2.75, 3.05) is 12.4 Å². The molecule has 4 rings (SSSR count). The van der Waals surface area contributed by atoms with Gasteiger partial charge in [-0.3, -0.25) is 9.20 Å². The standard InChI is InChI=1S/C22H21N3O3S2/c1-11-6-7-15(8-12(11)2)17-14(4)30-20(18(17)21(27)28-5)24-19(26)16-9-25-13(3)10-29-22(25)23-16/h6-10H,1-5H3,(H,24,26). The van der Waals surface area contributed by atoms with Gasteiger partial charge in [-0.25, -0.2) is 9.78 Å². The molecule has 0 radical (unpaired) electrons. The van der Waals surface area contributed by atoms with E-state index in [0.717, 1.165) is 32.2 Å². The fourth-order valence-electron chi connectivity index (χ4n) is 3.34. The van der Waals surface area contributed by atoms with Gasteiger partial charge in [0.05, 0.1) is 7.11 Å². The first-order valence-corrected chi connectivity index (χ1v) is 11.0. The van der Waals surface area contributed by atoms with Gasteiger partial charge in [-0.2, -0.15) is 0 Å². The average molecular weight is 440 g/mol. The van der Waals surface area contributed by atoms with Gasteiger partial charge >= 0.3 is 5.97 Å². The number of thiazole rings is 1. The van der Waals surface area contributed by atoms with Gasteiger partial charge in [-0.1, -0.05) is 18.2 Å². The zero-order chi connectivity index (χ0) is 21.6. The number of aryl methyl sites for hydroxylation is 4. The third-order valence-electron chi connectivity index (χ3n) is 5.12. The third kappa shape index (κ3) is 3.42. The van der Waals surface area contributed by atoms with Crippen LogP contribution in [0.5, 0.6) is 0 Å². The maximum Gasteiger partial charge on any atom is 0.341 e. The number of thiophene rings is 1. The Morgan fingerprint density at radius 1 is 1.13 bits per heavy atom. The fourth-order valence-corrected chi connectivity index (χ4v) is 5.25. The number of imidazole rings is 1. The lowest BCUT2D eigenvalue weighted by Gasteiger charge is -2.09. The second-order valence-electron chi connectivity index (χ2n) is 7.14. The van der Waals surface area contributed by atoms with Gasteiger partial charge in [0.1, 0.15) is 16.3 Å². The normalized spacial score (nSPS) is 11.1. The summed E-state index contributed by atoms with van der Waals surface area (Å²) in [6, 6.07) is 6.07. The Labute approximate surface area is 182 Å². The number of aromatic nitrogens is 2. The summed E-state index contributed by atoms with van der Waals surface area (Å²) >= 11 is 2.84. The molecule has 0 fully saturated rings. The average Bonchev–Trinajstić information content (AvgIpc) is 3.38. The van der Waals surface area contributed by atoms with Crippen molar-refractivity contribution >= 4 is 44.5 Å². The van der Waals surface area contributed by atoms with Crippen molar-refractivity contribution in [1.29, 1.82) is 0 Å². The van der Waals surface area contributed by atoms with Crippen molar-refractivity contribution in [3.63, 3.8) is 0 Å². The summed E-state index contributed by atoms with van der Waals surface area (Å²) in [4.78, 5) is 31.6. The second kappa shape index (κ2) is 7.70. The molecule has 0 aliphatic heterocycles. The van der Waals surface area contributed by atoms with Gasteiger partial charge in [-0.15, -0.1) is 22.7 Å². The van der Waals surface area contributed by atoms with Crippen molar-refractivity contribution in [3.05, 3.63) is 62.7 Å². The number of ether oxygens (including phenoxy) is 1. The number of carbonyl (C=O) groups is 2. The SMILES string of the molecule is COC(=O)c1c(NC(=O)c2cn3c(C)csc3n2)sc(C)c1-c1ccc(C)c(C)c1. The van der Waals surface area contributed by atoms with Crippen molar-refractivity contribution in [2.45, 2.75) is 27.7 Å².